The van der Waals surface area contributed by atoms with Crippen LogP contribution in [0.3, 0.4) is 0 Å². The molecule has 1 saturated heterocycles. The fourth-order valence-electron chi connectivity index (χ4n) is 8.35. The van der Waals surface area contributed by atoms with Gasteiger partial charge in [-0.2, -0.15) is 0 Å². The molecule has 2 fully saturated rings. The molecule has 3 aromatic carbocycles. The summed E-state index contributed by atoms with van der Waals surface area (Å²) in [4.78, 5) is 52.1. The summed E-state index contributed by atoms with van der Waals surface area (Å²) in [6, 6.07) is 40.0. The lowest BCUT2D eigenvalue weighted by Crippen LogP contribution is -2.39. The number of carbonyl (C=O) groups excluding carboxylic acids is 3. The molecule has 8 heteroatoms. The van der Waals surface area contributed by atoms with Gasteiger partial charge < -0.3 is 9.84 Å². The van der Waals surface area contributed by atoms with Gasteiger partial charge in [-0.15, -0.1) is 0 Å². The highest BCUT2D eigenvalue weighted by atomic mass is 16.5. The first kappa shape index (κ1) is 33.2. The third kappa shape index (κ3) is 5.75. The van der Waals surface area contributed by atoms with Crippen LogP contribution in [0.2, 0.25) is 0 Å². The van der Waals surface area contributed by atoms with E-state index in [1.165, 1.54) is 4.90 Å². The molecule has 8 nitrogen and oxygen atoms in total. The Morgan fingerprint density at radius 1 is 0.750 bits per heavy atom. The van der Waals surface area contributed by atoms with E-state index < -0.39 is 29.3 Å². The fraction of sp³-hybridized carbons (Fsp3) is 0.205. The maximum absolute atomic E-state index is 14.6. The van der Waals surface area contributed by atoms with E-state index in [9.17, 15) is 19.5 Å². The van der Waals surface area contributed by atoms with Crippen molar-refractivity contribution < 1.29 is 24.2 Å². The van der Waals surface area contributed by atoms with Crippen LogP contribution in [0.5, 0.6) is 0 Å². The van der Waals surface area contributed by atoms with Crippen molar-refractivity contribution in [1.82, 2.24) is 14.9 Å². The molecule has 2 aliphatic carbocycles. The molecule has 5 atom stereocenters. The summed E-state index contributed by atoms with van der Waals surface area (Å²) in [6.07, 6.45) is 6.11. The molecule has 1 saturated carbocycles. The molecule has 2 bridgehead atoms. The van der Waals surface area contributed by atoms with Crippen LogP contribution in [-0.2, 0) is 31.1 Å². The molecule has 0 spiro atoms. The maximum atomic E-state index is 14.6. The van der Waals surface area contributed by atoms with E-state index in [4.69, 9.17) is 9.72 Å². The Morgan fingerprint density at radius 3 is 2.06 bits per heavy atom. The van der Waals surface area contributed by atoms with Gasteiger partial charge in [-0.25, -0.2) is 0 Å². The largest absolute Gasteiger partial charge is 0.464 e. The zero-order chi connectivity index (χ0) is 35.7. The molecule has 3 aliphatic rings. The second-order valence-electron chi connectivity index (χ2n) is 13.4. The first-order valence-corrected chi connectivity index (χ1v) is 17.6. The number of nitrogens with zero attached hydrogens (tertiary/aromatic N) is 3. The number of aliphatic hydroxyl groups is 1. The van der Waals surface area contributed by atoms with Gasteiger partial charge in [0.1, 0.15) is 6.61 Å². The third-order valence-electron chi connectivity index (χ3n) is 10.6. The Balaban J connectivity index is 1.19. The molecular weight excluding hydrogens is 651 g/mol. The van der Waals surface area contributed by atoms with Gasteiger partial charge in [-0.3, -0.25) is 29.3 Å². The minimum absolute atomic E-state index is 0.0372. The highest BCUT2D eigenvalue weighted by molar-refractivity contribution is 6.08. The summed E-state index contributed by atoms with van der Waals surface area (Å²) in [7, 11) is 0. The van der Waals surface area contributed by atoms with Gasteiger partial charge in [0.25, 0.3) is 0 Å². The lowest BCUT2D eigenvalue weighted by Gasteiger charge is -2.36. The van der Waals surface area contributed by atoms with Crippen LogP contribution in [0.15, 0.2) is 157 Å². The van der Waals surface area contributed by atoms with Crippen LogP contribution in [0, 0.1) is 23.7 Å². The van der Waals surface area contributed by atoms with Crippen LogP contribution < -0.4 is 0 Å². The Morgan fingerprint density at radius 2 is 1.38 bits per heavy atom. The minimum atomic E-state index is -1.70. The topological polar surface area (TPSA) is 110 Å². The molecule has 2 amide bonds. The van der Waals surface area contributed by atoms with Crippen LogP contribution in [0.4, 0.5) is 0 Å². The zero-order valence-electron chi connectivity index (χ0n) is 28.4. The van der Waals surface area contributed by atoms with Crippen molar-refractivity contribution in [3.63, 3.8) is 0 Å². The number of rotatable bonds is 11. The van der Waals surface area contributed by atoms with Crippen molar-refractivity contribution in [2.24, 2.45) is 23.7 Å². The molecule has 1 aliphatic heterocycles. The average Bonchev–Trinajstić information content (AvgIpc) is 3.82. The number of allylic oxidation sites excluding steroid dienone is 2. The number of hydrogen-bond acceptors (Lipinski definition) is 7. The van der Waals surface area contributed by atoms with E-state index in [0.29, 0.717) is 28.9 Å². The number of benzene rings is 3. The fourth-order valence-corrected chi connectivity index (χ4v) is 8.35. The number of carbonyl (C=O) groups is 3. The number of pyridine rings is 2. The summed E-state index contributed by atoms with van der Waals surface area (Å²) in [5.74, 6) is -3.63. The highest BCUT2D eigenvalue weighted by Crippen LogP contribution is 2.64. The first-order valence-electron chi connectivity index (χ1n) is 17.6. The summed E-state index contributed by atoms with van der Waals surface area (Å²) in [5, 5.41) is 13.1. The zero-order valence-corrected chi connectivity index (χ0v) is 28.4. The summed E-state index contributed by atoms with van der Waals surface area (Å²) in [5.41, 5.74) is 4.32. The SMILES string of the molecule is O=C(CCc1ccccc1)OCCN1C(=O)C2C3C=C(C(O)(c4ccccc4)c4ccccn4)C(C3=C(c3ccccc3)c3ccccn3)C2C1=O. The molecule has 8 rings (SSSR count). The lowest BCUT2D eigenvalue weighted by atomic mass is 9.71. The number of hydrogen-bond donors (Lipinski definition) is 1. The Labute approximate surface area is 302 Å². The van der Waals surface area contributed by atoms with Crippen molar-refractivity contribution in [3.8, 4) is 0 Å². The standard InChI is InChI=1S/C44H37N3O5/c48-36(23-22-29-14-4-1-5-15-29)52-27-26-47-42(49)39-32-28-33(44(51,31-18-8-3-9-19-31)35-21-11-13-25-46-35)40(41(39)43(47)50)38(32)37(30-16-6-2-7-17-30)34-20-10-12-24-45-34/h1-21,24-25,28,32,39-41,51H,22-23,26-27H2. The normalized spacial score (nSPS) is 22.5. The van der Waals surface area contributed by atoms with Gasteiger partial charge in [-0.1, -0.05) is 109 Å². The van der Waals surface area contributed by atoms with Gasteiger partial charge in [0, 0.05) is 36.2 Å². The Kier molecular flexibility index (Phi) is 8.91. The van der Waals surface area contributed by atoms with Crippen LogP contribution in [0.25, 0.3) is 5.57 Å². The molecule has 5 aromatic rings. The van der Waals surface area contributed by atoms with Gasteiger partial charge in [0.15, 0.2) is 5.60 Å². The number of amides is 2. The second kappa shape index (κ2) is 14.0. The van der Waals surface area contributed by atoms with Crippen molar-refractivity contribution in [2.75, 3.05) is 13.2 Å². The number of aromatic nitrogens is 2. The number of likely N-dealkylation sites (tertiary alicyclic amines) is 1. The average molecular weight is 688 g/mol. The van der Waals surface area contributed by atoms with Crippen molar-refractivity contribution >= 4 is 23.4 Å². The quantitative estimate of drug-likeness (QED) is 0.100. The van der Waals surface area contributed by atoms with Crippen molar-refractivity contribution in [3.05, 3.63) is 185 Å². The summed E-state index contributed by atoms with van der Waals surface area (Å²) < 4.78 is 5.52. The first-order chi connectivity index (χ1) is 25.5. The van der Waals surface area contributed by atoms with E-state index in [0.717, 1.165) is 22.3 Å². The predicted molar refractivity (Wildman–Crippen MR) is 195 cm³/mol. The van der Waals surface area contributed by atoms with Gasteiger partial charge in [-0.05, 0) is 58.5 Å². The van der Waals surface area contributed by atoms with Crippen molar-refractivity contribution in [2.45, 2.75) is 18.4 Å². The maximum Gasteiger partial charge on any atom is 0.306 e. The van der Waals surface area contributed by atoms with E-state index in [2.05, 4.69) is 4.98 Å². The number of ether oxygens (including phenoxy) is 1. The van der Waals surface area contributed by atoms with Crippen LogP contribution in [0.1, 0.15) is 34.5 Å². The number of esters is 1. The van der Waals surface area contributed by atoms with Gasteiger partial charge in [0.05, 0.1) is 29.8 Å². The Hall–Kier alpha value is -5.99. The molecule has 258 valence electrons. The van der Waals surface area contributed by atoms with Gasteiger partial charge in [0.2, 0.25) is 11.8 Å². The molecule has 3 heterocycles. The molecule has 5 unspecified atom stereocenters. The highest BCUT2D eigenvalue weighted by Gasteiger charge is 2.66. The Bertz CT molecular complexity index is 2070. The minimum Gasteiger partial charge on any atom is -0.464 e. The van der Waals surface area contributed by atoms with Crippen molar-refractivity contribution in [1.29, 1.82) is 0 Å². The van der Waals surface area contributed by atoms with E-state index in [1.807, 2.05) is 121 Å². The van der Waals surface area contributed by atoms with E-state index in [1.54, 1.807) is 24.5 Å². The summed E-state index contributed by atoms with van der Waals surface area (Å²) in [6.45, 7) is -0.126. The van der Waals surface area contributed by atoms with E-state index in [-0.39, 0.29) is 37.4 Å². The molecule has 2 aromatic heterocycles. The lowest BCUT2D eigenvalue weighted by molar-refractivity contribution is -0.148. The van der Waals surface area contributed by atoms with Gasteiger partial charge >= 0.3 is 5.97 Å². The number of imide groups is 1. The molecule has 1 N–H and O–H groups in total. The smallest absolute Gasteiger partial charge is 0.306 e. The second-order valence-corrected chi connectivity index (χ2v) is 13.4. The molecule has 52 heavy (non-hydrogen) atoms. The molecular formula is C44H37N3O5. The number of fused-ring (bicyclic) bond motifs is 5. The third-order valence-corrected chi connectivity index (χ3v) is 10.6. The van der Waals surface area contributed by atoms with Crippen LogP contribution in [-0.4, -0.2) is 50.9 Å². The molecule has 0 radical (unpaired) electrons. The summed E-state index contributed by atoms with van der Waals surface area (Å²) >= 11 is 0. The van der Waals surface area contributed by atoms with E-state index >= 15 is 0 Å². The monoisotopic (exact) mass is 687 g/mol. The predicted octanol–water partition coefficient (Wildman–Crippen LogP) is 6.18. The number of aryl methyl sites for hydroxylation is 1. The van der Waals surface area contributed by atoms with Crippen LogP contribution >= 0.6 is 0 Å².